The van der Waals surface area contributed by atoms with Crippen LogP contribution in [0.5, 0.6) is 0 Å². The van der Waals surface area contributed by atoms with Gasteiger partial charge in [0.05, 0.1) is 12.0 Å². The molecule has 2 aliphatic heterocycles. The van der Waals surface area contributed by atoms with Crippen molar-refractivity contribution in [2.45, 2.75) is 50.5 Å². The zero-order valence-electron chi connectivity index (χ0n) is 17.0. The Hall–Kier alpha value is -2.54. The molecule has 4 rings (SSSR count). The lowest BCUT2D eigenvalue weighted by Crippen LogP contribution is -2.51. The highest BCUT2D eigenvalue weighted by Crippen LogP contribution is 2.36. The monoisotopic (exact) mass is 398 g/mol. The average molecular weight is 399 g/mol. The summed E-state index contributed by atoms with van der Waals surface area (Å²) in [6, 6.07) is 8.72. The van der Waals surface area contributed by atoms with E-state index in [1.807, 2.05) is 9.80 Å². The molecule has 29 heavy (non-hydrogen) atoms. The van der Waals surface area contributed by atoms with E-state index in [1.54, 1.807) is 0 Å². The Morgan fingerprint density at radius 3 is 2.48 bits per heavy atom. The zero-order valence-corrected chi connectivity index (χ0v) is 17.0. The van der Waals surface area contributed by atoms with Crippen LogP contribution in [0.3, 0.4) is 0 Å². The molecule has 1 aromatic carbocycles. The van der Waals surface area contributed by atoms with Crippen molar-refractivity contribution < 1.29 is 14.3 Å². The molecule has 0 spiro atoms. The number of oxazole rings is 1. The first kappa shape index (κ1) is 19.8. The van der Waals surface area contributed by atoms with E-state index in [1.165, 1.54) is 17.4 Å². The Kier molecular flexibility index (Phi) is 5.76. The molecule has 0 aliphatic carbocycles. The van der Waals surface area contributed by atoms with Crippen LogP contribution >= 0.6 is 0 Å². The van der Waals surface area contributed by atoms with Crippen LogP contribution in [0.2, 0.25) is 0 Å². The van der Waals surface area contributed by atoms with Gasteiger partial charge in [0.1, 0.15) is 6.26 Å². The molecule has 2 atom stereocenters. The summed E-state index contributed by atoms with van der Waals surface area (Å²) in [7, 11) is 0. The van der Waals surface area contributed by atoms with Crippen LogP contribution in [-0.2, 0) is 6.42 Å². The van der Waals surface area contributed by atoms with Crippen molar-refractivity contribution in [2.24, 2.45) is 0 Å². The minimum atomic E-state index is -0.298. The van der Waals surface area contributed by atoms with Crippen LogP contribution in [0.4, 0.5) is 10.6 Å². The lowest BCUT2D eigenvalue weighted by atomic mass is 9.84. The van der Waals surface area contributed by atoms with E-state index in [2.05, 4.69) is 36.2 Å². The number of anilines is 1. The summed E-state index contributed by atoms with van der Waals surface area (Å²) in [6.45, 7) is 4.60. The van der Waals surface area contributed by atoms with Gasteiger partial charge in [-0.1, -0.05) is 31.2 Å². The van der Waals surface area contributed by atoms with Gasteiger partial charge in [-0.3, -0.25) is 0 Å². The maximum absolute atomic E-state index is 13.2. The summed E-state index contributed by atoms with van der Waals surface area (Å²) in [4.78, 5) is 21.3. The first-order chi connectivity index (χ1) is 14.0. The predicted octanol–water partition coefficient (Wildman–Crippen LogP) is 2.97. The molecule has 2 saturated heterocycles. The van der Waals surface area contributed by atoms with Crippen LogP contribution in [0.25, 0.3) is 0 Å². The largest absolute Gasteiger partial charge is 0.446 e. The number of nitrogen functional groups attached to an aromatic ring is 1. The molecule has 156 valence electrons. The molecule has 2 aromatic rings. The number of carbonyl (C=O) groups is 1. The highest BCUT2D eigenvalue weighted by molar-refractivity contribution is 5.75. The van der Waals surface area contributed by atoms with Crippen LogP contribution in [-0.4, -0.2) is 58.2 Å². The maximum Gasteiger partial charge on any atom is 0.320 e. The van der Waals surface area contributed by atoms with Crippen LogP contribution < -0.4 is 5.73 Å². The summed E-state index contributed by atoms with van der Waals surface area (Å²) in [6.07, 6.45) is 4.33. The third kappa shape index (κ3) is 4.40. The van der Waals surface area contributed by atoms with E-state index in [4.69, 9.17) is 10.2 Å². The molecule has 3 N–H and O–H groups in total. The van der Waals surface area contributed by atoms with Crippen molar-refractivity contribution >= 4 is 11.8 Å². The first-order valence-corrected chi connectivity index (χ1v) is 10.5. The van der Waals surface area contributed by atoms with E-state index in [0.29, 0.717) is 50.7 Å². The Morgan fingerprint density at radius 2 is 1.86 bits per heavy atom. The summed E-state index contributed by atoms with van der Waals surface area (Å²) in [5.74, 6) is 1.20. The van der Waals surface area contributed by atoms with Gasteiger partial charge < -0.3 is 25.1 Å². The van der Waals surface area contributed by atoms with Crippen LogP contribution in [0.1, 0.15) is 55.0 Å². The molecular weight excluding hydrogens is 368 g/mol. The molecule has 0 saturated carbocycles. The van der Waals surface area contributed by atoms with Crippen LogP contribution in [0, 0.1) is 0 Å². The van der Waals surface area contributed by atoms with Gasteiger partial charge >= 0.3 is 6.03 Å². The van der Waals surface area contributed by atoms with Gasteiger partial charge in [0.25, 0.3) is 0 Å². The van der Waals surface area contributed by atoms with Crippen molar-refractivity contribution in [3.05, 3.63) is 47.5 Å². The molecule has 0 bridgehead atoms. The topological polar surface area (TPSA) is 95.8 Å². The molecule has 3 heterocycles. The number of aryl methyl sites for hydroxylation is 1. The molecule has 2 aliphatic rings. The minimum absolute atomic E-state index is 0.0104. The normalized spacial score (nSPS) is 23.4. The molecule has 0 radical (unpaired) electrons. The number of carbonyl (C=O) groups excluding carboxylic acids is 1. The number of hydrogen-bond donors (Lipinski definition) is 2. The van der Waals surface area contributed by atoms with Gasteiger partial charge in [0.15, 0.2) is 5.82 Å². The lowest BCUT2D eigenvalue weighted by molar-refractivity contribution is 0.0747. The second kappa shape index (κ2) is 8.45. The number of hydrogen-bond acceptors (Lipinski definition) is 5. The lowest BCUT2D eigenvalue weighted by Gasteiger charge is -2.40. The van der Waals surface area contributed by atoms with Crippen molar-refractivity contribution in [1.29, 1.82) is 0 Å². The number of urea groups is 1. The number of piperidine rings is 2. The fraction of sp³-hybridized carbons (Fsp3) is 0.545. The number of likely N-dealkylation sites (tertiary alicyclic amines) is 2. The van der Waals surface area contributed by atoms with Crippen molar-refractivity contribution in [2.75, 3.05) is 31.9 Å². The second-order valence-corrected chi connectivity index (χ2v) is 8.24. The van der Waals surface area contributed by atoms with Gasteiger partial charge in [0, 0.05) is 32.1 Å². The Morgan fingerprint density at radius 1 is 1.17 bits per heavy atom. The summed E-state index contributed by atoms with van der Waals surface area (Å²) in [5, 5.41) is 9.76. The fourth-order valence-electron chi connectivity index (χ4n) is 4.45. The van der Waals surface area contributed by atoms with E-state index >= 15 is 0 Å². The Labute approximate surface area is 171 Å². The maximum atomic E-state index is 13.2. The molecular formula is C22H30N4O3. The number of aromatic nitrogens is 1. The quantitative estimate of drug-likeness (QED) is 0.829. The first-order valence-electron chi connectivity index (χ1n) is 10.5. The third-order valence-electron chi connectivity index (χ3n) is 6.20. The number of benzene rings is 1. The Bertz CT molecular complexity index is 827. The van der Waals surface area contributed by atoms with Gasteiger partial charge in [-0.15, -0.1) is 0 Å². The third-order valence-corrected chi connectivity index (χ3v) is 6.20. The molecule has 7 nitrogen and oxygen atoms in total. The van der Waals surface area contributed by atoms with E-state index < -0.39 is 0 Å². The zero-order chi connectivity index (χ0) is 20.4. The Balaban J connectivity index is 1.55. The molecule has 7 heteroatoms. The summed E-state index contributed by atoms with van der Waals surface area (Å²) in [5.41, 5.74) is 8.31. The molecule has 1 aromatic heterocycles. The van der Waals surface area contributed by atoms with Gasteiger partial charge in [-0.2, -0.15) is 4.98 Å². The number of nitrogens with zero attached hydrogens (tertiary/aromatic N) is 3. The van der Waals surface area contributed by atoms with Crippen molar-refractivity contribution in [1.82, 2.24) is 14.8 Å². The SMILES string of the molecule is CCc1ccc(C2CC(c3nc(N)co3)CN(C(=O)N3CCC(O)CC3)C2)cc1. The smallest absolute Gasteiger partial charge is 0.320 e. The molecule has 2 unspecified atom stereocenters. The van der Waals surface area contributed by atoms with Crippen molar-refractivity contribution in [3.8, 4) is 0 Å². The number of rotatable bonds is 3. The second-order valence-electron chi connectivity index (χ2n) is 8.24. The predicted molar refractivity (Wildman–Crippen MR) is 111 cm³/mol. The average Bonchev–Trinajstić information content (AvgIpc) is 3.20. The number of aliphatic hydroxyl groups is 1. The minimum Gasteiger partial charge on any atom is -0.446 e. The molecule has 2 fully saturated rings. The van der Waals surface area contributed by atoms with Crippen LogP contribution in [0.15, 0.2) is 34.9 Å². The fourth-order valence-corrected chi connectivity index (χ4v) is 4.45. The van der Waals surface area contributed by atoms with E-state index in [9.17, 15) is 9.90 Å². The standard InChI is InChI=1S/C22H30N4O3/c1-2-15-3-5-16(6-4-15)17-11-18(21-24-20(23)14-29-21)13-26(12-17)22(28)25-9-7-19(27)8-10-25/h3-6,14,17-19,27H,2,7-13,23H2,1H3. The van der Waals surface area contributed by atoms with Gasteiger partial charge in [0.2, 0.25) is 5.89 Å². The highest BCUT2D eigenvalue weighted by atomic mass is 16.3. The number of aliphatic hydroxyl groups excluding tert-OH is 1. The van der Waals surface area contributed by atoms with E-state index in [0.717, 1.165) is 12.8 Å². The summed E-state index contributed by atoms with van der Waals surface area (Å²) >= 11 is 0. The summed E-state index contributed by atoms with van der Waals surface area (Å²) < 4.78 is 5.59. The van der Waals surface area contributed by atoms with Gasteiger partial charge in [-0.05, 0) is 36.8 Å². The van der Waals surface area contributed by atoms with Crippen molar-refractivity contribution in [3.63, 3.8) is 0 Å². The highest BCUT2D eigenvalue weighted by Gasteiger charge is 2.36. The van der Waals surface area contributed by atoms with Gasteiger partial charge in [-0.25, -0.2) is 4.79 Å². The van der Waals surface area contributed by atoms with E-state index in [-0.39, 0.29) is 24.0 Å². The number of amides is 2. The molecule has 2 amide bonds. The number of nitrogens with two attached hydrogens (primary N) is 1.